The average Bonchev–Trinajstić information content (AvgIpc) is 3.26. The van der Waals surface area contributed by atoms with Crippen molar-refractivity contribution >= 4 is 17.7 Å². The van der Waals surface area contributed by atoms with Gasteiger partial charge in [0.15, 0.2) is 5.76 Å². The molecule has 0 bridgehead atoms. The average molecular weight is 397 g/mol. The monoisotopic (exact) mass is 397 g/mol. The van der Waals surface area contributed by atoms with Gasteiger partial charge in [0.05, 0.1) is 6.26 Å². The molecule has 2 aromatic rings. The number of benzene rings is 1. The number of furan rings is 1. The fourth-order valence-corrected chi connectivity index (χ4v) is 3.39. The minimum Gasteiger partial charge on any atom is -0.459 e. The highest BCUT2D eigenvalue weighted by molar-refractivity contribution is 6.04. The molecular formula is C22H27N3O4. The van der Waals surface area contributed by atoms with E-state index in [-0.39, 0.29) is 17.7 Å². The molecule has 0 aliphatic carbocycles. The van der Waals surface area contributed by atoms with E-state index in [2.05, 4.69) is 5.32 Å². The van der Waals surface area contributed by atoms with Gasteiger partial charge in [0.2, 0.25) is 11.8 Å². The van der Waals surface area contributed by atoms with Crippen LogP contribution in [-0.4, -0.2) is 53.7 Å². The Morgan fingerprint density at radius 2 is 1.72 bits per heavy atom. The van der Waals surface area contributed by atoms with Gasteiger partial charge >= 0.3 is 0 Å². The Labute approximate surface area is 170 Å². The molecule has 3 rings (SSSR count). The van der Waals surface area contributed by atoms with E-state index in [9.17, 15) is 14.4 Å². The molecule has 1 aliphatic rings. The molecule has 1 aromatic carbocycles. The van der Waals surface area contributed by atoms with Gasteiger partial charge in [-0.2, -0.15) is 0 Å². The van der Waals surface area contributed by atoms with Crippen LogP contribution in [-0.2, 0) is 16.1 Å². The minimum absolute atomic E-state index is 0.183. The third-order valence-electron chi connectivity index (χ3n) is 5.22. The summed E-state index contributed by atoms with van der Waals surface area (Å²) in [6.45, 7) is 7.25. The maximum absolute atomic E-state index is 13.0. The van der Waals surface area contributed by atoms with E-state index >= 15 is 0 Å². The Hall–Kier alpha value is -3.09. The topological polar surface area (TPSA) is 82.9 Å². The summed E-state index contributed by atoms with van der Waals surface area (Å²) >= 11 is 0. The number of rotatable bonds is 5. The second kappa shape index (κ2) is 8.51. The van der Waals surface area contributed by atoms with Crippen LogP contribution >= 0.6 is 0 Å². The zero-order chi connectivity index (χ0) is 21.0. The number of piperazine rings is 1. The number of carbonyl (C=O) groups excluding carboxylic acids is 3. The zero-order valence-electron chi connectivity index (χ0n) is 17.1. The van der Waals surface area contributed by atoms with Crippen molar-refractivity contribution in [3.8, 4) is 0 Å². The Morgan fingerprint density at radius 1 is 1.03 bits per heavy atom. The summed E-state index contributed by atoms with van der Waals surface area (Å²) in [6, 6.07) is 11.2. The Morgan fingerprint density at radius 3 is 2.34 bits per heavy atom. The summed E-state index contributed by atoms with van der Waals surface area (Å²) in [5.74, 6) is -0.430. The normalized spacial score (nSPS) is 14.6. The lowest BCUT2D eigenvalue weighted by Crippen LogP contribution is -2.56. The summed E-state index contributed by atoms with van der Waals surface area (Å²) in [7, 11) is 0. The lowest BCUT2D eigenvalue weighted by molar-refractivity contribution is -0.149. The number of nitrogens with zero attached hydrogens (tertiary/aromatic N) is 2. The number of amides is 3. The SMILES string of the molecule is Cc1cccc(CNC(=O)C(C)(C)C(=O)N2CCN(C(=O)c3ccco3)CC2)c1. The van der Waals surface area contributed by atoms with Crippen molar-refractivity contribution in [3.05, 3.63) is 59.5 Å². The standard InChI is InChI=1S/C22H27N3O4/c1-16-6-4-7-17(14-16)15-23-20(27)22(2,3)21(28)25-11-9-24(10-12-25)19(26)18-8-5-13-29-18/h4-8,13-14H,9-12,15H2,1-3H3,(H,23,27). The molecule has 2 heterocycles. The van der Waals surface area contributed by atoms with Crippen molar-refractivity contribution in [3.63, 3.8) is 0 Å². The highest BCUT2D eigenvalue weighted by Crippen LogP contribution is 2.21. The van der Waals surface area contributed by atoms with Crippen LogP contribution in [0.1, 0.15) is 35.5 Å². The van der Waals surface area contributed by atoms with E-state index in [1.165, 1.54) is 6.26 Å². The molecule has 154 valence electrons. The van der Waals surface area contributed by atoms with Gasteiger partial charge in [0, 0.05) is 32.7 Å². The van der Waals surface area contributed by atoms with E-state index in [1.54, 1.807) is 35.8 Å². The molecular weight excluding hydrogens is 370 g/mol. The molecule has 0 spiro atoms. The molecule has 1 aliphatic heterocycles. The van der Waals surface area contributed by atoms with Crippen molar-refractivity contribution < 1.29 is 18.8 Å². The number of aryl methyl sites for hydroxylation is 1. The molecule has 29 heavy (non-hydrogen) atoms. The van der Waals surface area contributed by atoms with Crippen LogP contribution in [0.3, 0.4) is 0 Å². The molecule has 1 fully saturated rings. The van der Waals surface area contributed by atoms with Gasteiger partial charge in [-0.05, 0) is 38.5 Å². The zero-order valence-corrected chi connectivity index (χ0v) is 17.1. The first-order valence-corrected chi connectivity index (χ1v) is 9.75. The number of carbonyl (C=O) groups is 3. The van der Waals surface area contributed by atoms with Gasteiger partial charge in [-0.3, -0.25) is 14.4 Å². The Kier molecular flexibility index (Phi) is 6.06. The lowest BCUT2D eigenvalue weighted by Gasteiger charge is -2.37. The molecule has 1 saturated heterocycles. The van der Waals surface area contributed by atoms with Gasteiger partial charge in [0.1, 0.15) is 5.41 Å². The van der Waals surface area contributed by atoms with Crippen LogP contribution < -0.4 is 5.32 Å². The molecule has 0 atom stereocenters. The molecule has 0 radical (unpaired) electrons. The lowest BCUT2D eigenvalue weighted by atomic mass is 9.89. The van der Waals surface area contributed by atoms with Gasteiger partial charge in [-0.25, -0.2) is 0 Å². The van der Waals surface area contributed by atoms with Gasteiger partial charge < -0.3 is 19.5 Å². The van der Waals surface area contributed by atoms with E-state index in [0.717, 1.165) is 11.1 Å². The van der Waals surface area contributed by atoms with Crippen molar-refractivity contribution in [2.24, 2.45) is 5.41 Å². The van der Waals surface area contributed by atoms with E-state index in [0.29, 0.717) is 38.5 Å². The van der Waals surface area contributed by atoms with Crippen LogP contribution in [0.25, 0.3) is 0 Å². The first-order chi connectivity index (χ1) is 13.8. The van der Waals surface area contributed by atoms with Gasteiger partial charge in [-0.1, -0.05) is 29.8 Å². The molecule has 1 aromatic heterocycles. The van der Waals surface area contributed by atoms with Gasteiger partial charge in [-0.15, -0.1) is 0 Å². The Balaban J connectivity index is 1.54. The van der Waals surface area contributed by atoms with Gasteiger partial charge in [0.25, 0.3) is 5.91 Å². The van der Waals surface area contributed by atoms with Crippen LogP contribution in [0, 0.1) is 12.3 Å². The van der Waals surface area contributed by atoms with Crippen molar-refractivity contribution in [1.29, 1.82) is 0 Å². The predicted octanol–water partition coefficient (Wildman–Crippen LogP) is 2.22. The highest BCUT2D eigenvalue weighted by atomic mass is 16.3. The van der Waals surface area contributed by atoms with Crippen molar-refractivity contribution in [2.45, 2.75) is 27.3 Å². The summed E-state index contributed by atoms with van der Waals surface area (Å²) in [5, 5.41) is 2.87. The summed E-state index contributed by atoms with van der Waals surface area (Å²) in [5.41, 5.74) is 0.928. The fraction of sp³-hybridized carbons (Fsp3) is 0.409. The van der Waals surface area contributed by atoms with E-state index in [4.69, 9.17) is 4.42 Å². The number of nitrogens with one attached hydrogen (secondary N) is 1. The fourth-order valence-electron chi connectivity index (χ4n) is 3.39. The molecule has 0 unspecified atom stereocenters. The maximum atomic E-state index is 13.0. The third-order valence-corrected chi connectivity index (χ3v) is 5.22. The molecule has 7 heteroatoms. The predicted molar refractivity (Wildman–Crippen MR) is 108 cm³/mol. The van der Waals surface area contributed by atoms with Crippen molar-refractivity contribution in [1.82, 2.24) is 15.1 Å². The third kappa shape index (κ3) is 4.67. The summed E-state index contributed by atoms with van der Waals surface area (Å²) < 4.78 is 5.15. The van der Waals surface area contributed by atoms with Crippen LogP contribution in [0.2, 0.25) is 0 Å². The number of hydrogen-bond donors (Lipinski definition) is 1. The minimum atomic E-state index is -1.18. The smallest absolute Gasteiger partial charge is 0.289 e. The molecule has 1 N–H and O–H groups in total. The van der Waals surface area contributed by atoms with Crippen molar-refractivity contribution in [2.75, 3.05) is 26.2 Å². The summed E-state index contributed by atoms with van der Waals surface area (Å²) in [4.78, 5) is 41.3. The highest BCUT2D eigenvalue weighted by Gasteiger charge is 2.40. The second-order valence-electron chi connectivity index (χ2n) is 7.86. The van der Waals surface area contributed by atoms with Crippen LogP contribution in [0.5, 0.6) is 0 Å². The van der Waals surface area contributed by atoms with Crippen LogP contribution in [0.4, 0.5) is 0 Å². The quantitative estimate of drug-likeness (QED) is 0.785. The Bertz CT molecular complexity index is 881. The van der Waals surface area contributed by atoms with E-state index in [1.807, 2.05) is 31.2 Å². The molecule has 7 nitrogen and oxygen atoms in total. The first kappa shape index (κ1) is 20.6. The molecule has 3 amide bonds. The molecule has 0 saturated carbocycles. The first-order valence-electron chi connectivity index (χ1n) is 9.75. The summed E-state index contributed by atoms with van der Waals surface area (Å²) in [6.07, 6.45) is 1.46. The van der Waals surface area contributed by atoms with Crippen LogP contribution in [0.15, 0.2) is 47.1 Å². The van der Waals surface area contributed by atoms with E-state index < -0.39 is 5.41 Å². The second-order valence-corrected chi connectivity index (χ2v) is 7.86. The maximum Gasteiger partial charge on any atom is 0.289 e. The number of hydrogen-bond acceptors (Lipinski definition) is 4. The largest absolute Gasteiger partial charge is 0.459 e.